The Balaban J connectivity index is 2.06. The average molecular weight is 295 g/mol. The number of hydrogen-bond donors (Lipinski definition) is 0. The average Bonchev–Trinajstić information content (AvgIpc) is 2.62. The van der Waals surface area contributed by atoms with Crippen molar-refractivity contribution >= 4 is 23.4 Å². The van der Waals surface area contributed by atoms with Crippen molar-refractivity contribution in [3.8, 4) is 0 Å². The van der Waals surface area contributed by atoms with Crippen LogP contribution in [0.2, 0.25) is 5.02 Å². The van der Waals surface area contributed by atoms with Crippen molar-refractivity contribution in [1.29, 1.82) is 0 Å². The van der Waals surface area contributed by atoms with Gasteiger partial charge in [0.2, 0.25) is 5.91 Å². The summed E-state index contributed by atoms with van der Waals surface area (Å²) < 4.78 is 0. The molecule has 2 amide bonds. The van der Waals surface area contributed by atoms with Gasteiger partial charge in [-0.25, -0.2) is 0 Å². The molecule has 1 aromatic carbocycles. The van der Waals surface area contributed by atoms with Crippen LogP contribution in [-0.4, -0.2) is 47.8 Å². The lowest BCUT2D eigenvalue weighted by atomic mass is 10.2. The first-order valence-electron chi connectivity index (χ1n) is 6.94. The van der Waals surface area contributed by atoms with Crippen molar-refractivity contribution in [2.45, 2.75) is 19.8 Å². The maximum Gasteiger partial charge on any atom is 0.253 e. The molecule has 0 spiro atoms. The van der Waals surface area contributed by atoms with Gasteiger partial charge in [0.1, 0.15) is 0 Å². The molecule has 0 unspecified atom stereocenters. The molecule has 0 N–H and O–H groups in total. The third-order valence-electron chi connectivity index (χ3n) is 3.44. The molecular weight excluding hydrogens is 276 g/mol. The highest BCUT2D eigenvalue weighted by atomic mass is 35.5. The van der Waals surface area contributed by atoms with Gasteiger partial charge in [0.15, 0.2) is 0 Å². The Morgan fingerprint density at radius 1 is 1.30 bits per heavy atom. The van der Waals surface area contributed by atoms with Crippen LogP contribution in [0.5, 0.6) is 0 Å². The van der Waals surface area contributed by atoms with Crippen LogP contribution in [0.15, 0.2) is 24.3 Å². The maximum atomic E-state index is 12.4. The Hall–Kier alpha value is -1.55. The molecule has 2 rings (SSSR count). The zero-order valence-electron chi connectivity index (χ0n) is 11.6. The van der Waals surface area contributed by atoms with E-state index in [-0.39, 0.29) is 11.8 Å². The summed E-state index contributed by atoms with van der Waals surface area (Å²) in [6.07, 6.45) is 1.33. The number of hydrogen-bond acceptors (Lipinski definition) is 2. The second-order valence-electron chi connectivity index (χ2n) is 4.93. The minimum Gasteiger partial charge on any atom is -0.341 e. The summed E-state index contributed by atoms with van der Waals surface area (Å²) in [7, 11) is 0. The second-order valence-corrected chi connectivity index (χ2v) is 5.37. The highest BCUT2D eigenvalue weighted by molar-refractivity contribution is 6.30. The van der Waals surface area contributed by atoms with Crippen LogP contribution in [0.25, 0.3) is 0 Å². The Bertz CT molecular complexity index is 504. The van der Waals surface area contributed by atoms with Gasteiger partial charge in [0, 0.05) is 43.2 Å². The third-order valence-corrected chi connectivity index (χ3v) is 3.68. The standard InChI is InChI=1S/C15H19ClN2O2/c1-2-7-17-9-10-18(8-6-14(17)19)15(20)12-4-3-5-13(16)11-12/h3-5,11H,2,6-10H2,1H3. The molecule has 20 heavy (non-hydrogen) atoms. The molecule has 0 atom stereocenters. The first kappa shape index (κ1) is 14.9. The Morgan fingerprint density at radius 2 is 2.10 bits per heavy atom. The molecule has 0 radical (unpaired) electrons. The minimum absolute atomic E-state index is 0.0568. The van der Waals surface area contributed by atoms with Crippen LogP contribution in [0.1, 0.15) is 30.1 Å². The molecule has 1 heterocycles. The predicted octanol–water partition coefficient (Wildman–Crippen LogP) is 2.42. The first-order chi connectivity index (χ1) is 9.61. The van der Waals surface area contributed by atoms with Crippen LogP contribution in [0, 0.1) is 0 Å². The predicted molar refractivity (Wildman–Crippen MR) is 78.8 cm³/mol. The van der Waals surface area contributed by atoms with Gasteiger partial charge in [-0.05, 0) is 24.6 Å². The minimum atomic E-state index is -0.0568. The van der Waals surface area contributed by atoms with Crippen LogP contribution in [-0.2, 0) is 4.79 Å². The number of carbonyl (C=O) groups excluding carboxylic acids is 2. The molecular formula is C15H19ClN2O2. The van der Waals surface area contributed by atoms with Crippen LogP contribution < -0.4 is 0 Å². The quantitative estimate of drug-likeness (QED) is 0.859. The van der Waals surface area contributed by atoms with E-state index >= 15 is 0 Å². The number of carbonyl (C=O) groups is 2. The van der Waals surface area contributed by atoms with Crippen LogP contribution in [0.4, 0.5) is 0 Å². The summed E-state index contributed by atoms with van der Waals surface area (Å²) in [6, 6.07) is 6.93. The first-order valence-corrected chi connectivity index (χ1v) is 7.32. The van der Waals surface area contributed by atoms with Crippen molar-refractivity contribution in [3.05, 3.63) is 34.9 Å². The van der Waals surface area contributed by atoms with Crippen LogP contribution >= 0.6 is 11.6 Å². The van der Waals surface area contributed by atoms with Gasteiger partial charge < -0.3 is 9.80 Å². The summed E-state index contributed by atoms with van der Waals surface area (Å²) in [6.45, 7) is 4.48. The summed E-state index contributed by atoms with van der Waals surface area (Å²) in [5.41, 5.74) is 0.578. The van der Waals surface area contributed by atoms with Gasteiger partial charge in [-0.3, -0.25) is 9.59 Å². The van der Waals surface area contributed by atoms with E-state index in [0.717, 1.165) is 13.0 Å². The smallest absolute Gasteiger partial charge is 0.253 e. The zero-order chi connectivity index (χ0) is 14.5. The molecule has 4 nitrogen and oxygen atoms in total. The second kappa shape index (κ2) is 6.75. The van der Waals surface area contributed by atoms with Crippen molar-refractivity contribution in [3.63, 3.8) is 0 Å². The van der Waals surface area contributed by atoms with Crippen molar-refractivity contribution in [1.82, 2.24) is 9.80 Å². The molecule has 1 saturated heterocycles. The van der Waals surface area contributed by atoms with Crippen LogP contribution in [0.3, 0.4) is 0 Å². The highest BCUT2D eigenvalue weighted by Gasteiger charge is 2.23. The summed E-state index contributed by atoms with van der Waals surface area (Å²) in [4.78, 5) is 27.9. The fraction of sp³-hybridized carbons (Fsp3) is 0.467. The van der Waals surface area contributed by atoms with E-state index in [4.69, 9.17) is 11.6 Å². The van der Waals surface area contributed by atoms with Gasteiger partial charge in [0.05, 0.1) is 0 Å². The lowest BCUT2D eigenvalue weighted by molar-refractivity contribution is -0.130. The lowest BCUT2D eigenvalue weighted by Gasteiger charge is -2.22. The van der Waals surface area contributed by atoms with Gasteiger partial charge >= 0.3 is 0 Å². The molecule has 1 aliphatic rings. The number of nitrogens with zero attached hydrogens (tertiary/aromatic N) is 2. The number of amides is 2. The summed E-state index contributed by atoms with van der Waals surface area (Å²) in [5, 5.41) is 0.550. The third kappa shape index (κ3) is 3.51. The largest absolute Gasteiger partial charge is 0.341 e. The maximum absolute atomic E-state index is 12.4. The van der Waals surface area contributed by atoms with E-state index in [9.17, 15) is 9.59 Å². The molecule has 5 heteroatoms. The Kier molecular flexibility index (Phi) is 5.01. The molecule has 108 valence electrons. The molecule has 0 bridgehead atoms. The Morgan fingerprint density at radius 3 is 2.80 bits per heavy atom. The highest BCUT2D eigenvalue weighted by Crippen LogP contribution is 2.14. The zero-order valence-corrected chi connectivity index (χ0v) is 12.4. The topological polar surface area (TPSA) is 40.6 Å². The van der Waals surface area contributed by atoms with Gasteiger partial charge in [0.25, 0.3) is 5.91 Å². The van der Waals surface area contributed by atoms with E-state index in [2.05, 4.69) is 0 Å². The fourth-order valence-corrected chi connectivity index (χ4v) is 2.57. The molecule has 0 saturated carbocycles. The van der Waals surface area contributed by atoms with Crippen molar-refractivity contribution in [2.75, 3.05) is 26.2 Å². The number of halogens is 1. The lowest BCUT2D eigenvalue weighted by Crippen LogP contribution is -2.36. The number of rotatable bonds is 3. The van der Waals surface area contributed by atoms with E-state index in [1.54, 1.807) is 29.2 Å². The summed E-state index contributed by atoms with van der Waals surface area (Å²) >= 11 is 5.91. The van der Waals surface area contributed by atoms with Gasteiger partial charge in [-0.1, -0.05) is 24.6 Å². The SMILES string of the molecule is CCCN1CCN(C(=O)c2cccc(Cl)c2)CCC1=O. The van der Waals surface area contributed by atoms with Gasteiger partial charge in [-0.2, -0.15) is 0 Å². The molecule has 0 aromatic heterocycles. The van der Waals surface area contributed by atoms with E-state index in [1.165, 1.54) is 0 Å². The molecule has 1 aromatic rings. The fourth-order valence-electron chi connectivity index (χ4n) is 2.38. The van der Waals surface area contributed by atoms with Crippen molar-refractivity contribution in [2.24, 2.45) is 0 Å². The monoisotopic (exact) mass is 294 g/mol. The van der Waals surface area contributed by atoms with Gasteiger partial charge in [-0.15, -0.1) is 0 Å². The number of benzene rings is 1. The Labute approximate surface area is 124 Å². The molecule has 1 fully saturated rings. The van der Waals surface area contributed by atoms with E-state index < -0.39 is 0 Å². The normalized spacial score (nSPS) is 16.2. The van der Waals surface area contributed by atoms with Crippen molar-refractivity contribution < 1.29 is 9.59 Å². The van der Waals surface area contributed by atoms with E-state index in [1.807, 2.05) is 11.8 Å². The molecule has 0 aliphatic carbocycles. The van der Waals surface area contributed by atoms with E-state index in [0.29, 0.717) is 36.6 Å². The summed E-state index contributed by atoms with van der Waals surface area (Å²) in [5.74, 6) is 0.0758. The molecule has 1 aliphatic heterocycles.